The van der Waals surface area contributed by atoms with Gasteiger partial charge in [-0.3, -0.25) is 0 Å². The number of thiazole rings is 1. The van der Waals surface area contributed by atoms with Crippen molar-refractivity contribution in [1.29, 1.82) is 0 Å². The molecule has 3 nitrogen and oxygen atoms in total. The van der Waals surface area contributed by atoms with Crippen molar-refractivity contribution in [1.82, 2.24) is 10.3 Å². The van der Waals surface area contributed by atoms with Crippen molar-refractivity contribution < 1.29 is 5.11 Å². The fourth-order valence-electron chi connectivity index (χ4n) is 1.94. The van der Waals surface area contributed by atoms with Crippen LogP contribution < -0.4 is 5.32 Å². The van der Waals surface area contributed by atoms with E-state index in [1.165, 1.54) is 4.88 Å². The van der Waals surface area contributed by atoms with Crippen LogP contribution in [0.15, 0.2) is 24.3 Å². The van der Waals surface area contributed by atoms with Gasteiger partial charge in [-0.25, -0.2) is 4.98 Å². The third kappa shape index (κ3) is 3.55. The molecule has 19 heavy (non-hydrogen) atoms. The van der Waals surface area contributed by atoms with Crippen LogP contribution in [0.25, 0.3) is 10.6 Å². The molecule has 0 saturated carbocycles. The van der Waals surface area contributed by atoms with Crippen LogP contribution in [0.1, 0.15) is 30.8 Å². The van der Waals surface area contributed by atoms with Crippen molar-refractivity contribution in [3.63, 3.8) is 0 Å². The average molecular weight is 276 g/mol. The Morgan fingerprint density at radius 2 is 2.16 bits per heavy atom. The third-order valence-corrected chi connectivity index (χ3v) is 4.07. The van der Waals surface area contributed by atoms with Crippen LogP contribution >= 0.6 is 11.3 Å². The molecule has 0 bridgehead atoms. The number of rotatable bonds is 6. The zero-order valence-electron chi connectivity index (χ0n) is 11.4. The quantitative estimate of drug-likeness (QED) is 0.793. The molecular weight excluding hydrogens is 256 g/mol. The van der Waals surface area contributed by atoms with Gasteiger partial charge in [0.25, 0.3) is 0 Å². The van der Waals surface area contributed by atoms with Crippen LogP contribution in [0.4, 0.5) is 0 Å². The van der Waals surface area contributed by atoms with Gasteiger partial charge in [0, 0.05) is 17.0 Å². The van der Waals surface area contributed by atoms with Crippen molar-refractivity contribution in [2.45, 2.75) is 33.2 Å². The minimum absolute atomic E-state index is 0.288. The summed E-state index contributed by atoms with van der Waals surface area (Å²) in [7, 11) is 0. The average Bonchev–Trinajstić information content (AvgIpc) is 2.82. The molecule has 0 unspecified atom stereocenters. The van der Waals surface area contributed by atoms with Crippen LogP contribution in [0, 0.1) is 0 Å². The number of hydrogen-bond acceptors (Lipinski definition) is 4. The molecule has 4 heteroatoms. The van der Waals surface area contributed by atoms with Gasteiger partial charge < -0.3 is 10.4 Å². The van der Waals surface area contributed by atoms with E-state index in [0.29, 0.717) is 0 Å². The molecule has 1 heterocycles. The fraction of sp³-hybridized carbons (Fsp3) is 0.400. The van der Waals surface area contributed by atoms with Crippen molar-refractivity contribution in [3.8, 4) is 16.3 Å². The van der Waals surface area contributed by atoms with E-state index in [9.17, 15) is 5.11 Å². The highest BCUT2D eigenvalue weighted by Crippen LogP contribution is 2.30. The lowest BCUT2D eigenvalue weighted by Crippen LogP contribution is -2.13. The predicted octanol–water partition coefficient (Wildman–Crippen LogP) is 3.58. The topological polar surface area (TPSA) is 45.1 Å². The van der Waals surface area contributed by atoms with Gasteiger partial charge in [0.15, 0.2) is 0 Å². The molecule has 0 spiro atoms. The van der Waals surface area contributed by atoms with E-state index in [0.717, 1.165) is 42.2 Å². The second-order valence-corrected chi connectivity index (χ2v) is 5.55. The summed E-state index contributed by atoms with van der Waals surface area (Å²) >= 11 is 1.71. The minimum Gasteiger partial charge on any atom is -0.508 e. The number of aromatic hydroxyl groups is 1. The molecule has 2 aromatic rings. The maximum atomic E-state index is 9.55. The van der Waals surface area contributed by atoms with Gasteiger partial charge in [-0.1, -0.05) is 26.0 Å². The summed E-state index contributed by atoms with van der Waals surface area (Å²) in [5.74, 6) is 0.288. The lowest BCUT2D eigenvalue weighted by molar-refractivity contribution is 0.475. The Balaban J connectivity index is 2.22. The molecule has 2 N–H and O–H groups in total. The number of aryl methyl sites for hydroxylation is 1. The number of aromatic nitrogens is 1. The zero-order chi connectivity index (χ0) is 13.7. The summed E-state index contributed by atoms with van der Waals surface area (Å²) in [6.45, 7) is 6.21. The van der Waals surface area contributed by atoms with Crippen LogP contribution in [-0.4, -0.2) is 16.6 Å². The van der Waals surface area contributed by atoms with Crippen molar-refractivity contribution in [2.75, 3.05) is 6.54 Å². The maximum Gasteiger partial charge on any atom is 0.124 e. The number of phenols is 1. The number of benzene rings is 1. The number of nitrogens with one attached hydrogen (secondary N) is 1. The normalized spacial score (nSPS) is 10.8. The third-order valence-electron chi connectivity index (χ3n) is 2.92. The molecule has 1 aromatic heterocycles. The molecule has 0 aliphatic carbocycles. The Bertz CT molecular complexity index is 537. The number of hydrogen-bond donors (Lipinski definition) is 2. The second kappa shape index (κ2) is 6.68. The summed E-state index contributed by atoms with van der Waals surface area (Å²) in [5, 5.41) is 14.0. The fourth-order valence-corrected chi connectivity index (χ4v) is 3.05. The first kappa shape index (κ1) is 14.0. The summed E-state index contributed by atoms with van der Waals surface area (Å²) < 4.78 is 0. The van der Waals surface area contributed by atoms with E-state index in [-0.39, 0.29) is 5.75 Å². The SMILES string of the molecule is CCCNCc1sc(-c2cccc(O)c2)nc1CC. The van der Waals surface area contributed by atoms with Gasteiger partial charge in [0.2, 0.25) is 0 Å². The smallest absolute Gasteiger partial charge is 0.124 e. The van der Waals surface area contributed by atoms with Crippen LogP contribution in [0.5, 0.6) is 5.75 Å². The van der Waals surface area contributed by atoms with Crippen molar-refractivity contribution in [3.05, 3.63) is 34.8 Å². The van der Waals surface area contributed by atoms with E-state index >= 15 is 0 Å². The Kier molecular flexibility index (Phi) is 4.93. The van der Waals surface area contributed by atoms with Gasteiger partial charge in [-0.2, -0.15) is 0 Å². The van der Waals surface area contributed by atoms with E-state index < -0.39 is 0 Å². The minimum atomic E-state index is 0.288. The van der Waals surface area contributed by atoms with E-state index in [4.69, 9.17) is 0 Å². The molecule has 2 rings (SSSR count). The van der Waals surface area contributed by atoms with E-state index in [2.05, 4.69) is 24.1 Å². The molecule has 0 aliphatic heterocycles. The summed E-state index contributed by atoms with van der Waals surface area (Å²) in [6, 6.07) is 7.29. The van der Waals surface area contributed by atoms with Crippen LogP contribution in [0.3, 0.4) is 0 Å². The lowest BCUT2D eigenvalue weighted by Gasteiger charge is -2.01. The first-order valence-electron chi connectivity index (χ1n) is 6.73. The van der Waals surface area contributed by atoms with Crippen molar-refractivity contribution >= 4 is 11.3 Å². The Morgan fingerprint density at radius 1 is 1.32 bits per heavy atom. The van der Waals surface area contributed by atoms with Crippen LogP contribution in [-0.2, 0) is 13.0 Å². The first-order valence-corrected chi connectivity index (χ1v) is 7.55. The van der Waals surface area contributed by atoms with Crippen molar-refractivity contribution in [2.24, 2.45) is 0 Å². The highest BCUT2D eigenvalue weighted by Gasteiger charge is 2.11. The molecule has 1 aromatic carbocycles. The van der Waals surface area contributed by atoms with Crippen LogP contribution in [0.2, 0.25) is 0 Å². The van der Waals surface area contributed by atoms with Gasteiger partial charge in [0.05, 0.1) is 5.69 Å². The number of nitrogens with zero attached hydrogens (tertiary/aromatic N) is 1. The molecule has 102 valence electrons. The molecular formula is C15H20N2OS. The predicted molar refractivity (Wildman–Crippen MR) is 80.6 cm³/mol. The number of phenolic OH excluding ortho intramolecular Hbond substituents is 1. The highest BCUT2D eigenvalue weighted by atomic mass is 32.1. The molecule has 0 aliphatic rings. The lowest BCUT2D eigenvalue weighted by atomic mass is 10.2. The van der Waals surface area contributed by atoms with Gasteiger partial charge in [-0.15, -0.1) is 11.3 Å². The largest absolute Gasteiger partial charge is 0.508 e. The van der Waals surface area contributed by atoms with E-state index in [1.54, 1.807) is 23.5 Å². The monoisotopic (exact) mass is 276 g/mol. The molecule has 0 saturated heterocycles. The standard InChI is InChI=1S/C15H20N2OS/c1-3-8-16-10-14-13(4-2)17-15(19-14)11-6-5-7-12(18)9-11/h5-7,9,16,18H,3-4,8,10H2,1-2H3. The van der Waals surface area contributed by atoms with Gasteiger partial charge in [-0.05, 0) is 31.5 Å². The Hall–Kier alpha value is -1.39. The summed E-state index contributed by atoms with van der Waals surface area (Å²) in [5.41, 5.74) is 2.15. The summed E-state index contributed by atoms with van der Waals surface area (Å²) in [6.07, 6.45) is 2.08. The molecule has 0 fully saturated rings. The van der Waals surface area contributed by atoms with Gasteiger partial charge in [0.1, 0.15) is 10.8 Å². The molecule has 0 atom stereocenters. The van der Waals surface area contributed by atoms with E-state index in [1.807, 2.05) is 12.1 Å². The molecule has 0 amide bonds. The molecule has 0 radical (unpaired) electrons. The maximum absolute atomic E-state index is 9.55. The first-order chi connectivity index (χ1) is 9.24. The Labute approximate surface area is 118 Å². The zero-order valence-corrected chi connectivity index (χ0v) is 12.3. The highest BCUT2D eigenvalue weighted by molar-refractivity contribution is 7.15. The second-order valence-electron chi connectivity index (χ2n) is 4.47. The summed E-state index contributed by atoms with van der Waals surface area (Å²) in [4.78, 5) is 5.99. The Morgan fingerprint density at radius 3 is 2.84 bits per heavy atom. The van der Waals surface area contributed by atoms with Gasteiger partial charge >= 0.3 is 0 Å².